The fraction of sp³-hybridized carbons (Fsp3) is 0.391. The van der Waals surface area contributed by atoms with Gasteiger partial charge in [0, 0.05) is 62.5 Å². The van der Waals surface area contributed by atoms with Gasteiger partial charge >= 0.3 is 0 Å². The second-order valence-electron chi connectivity index (χ2n) is 8.13. The van der Waals surface area contributed by atoms with Gasteiger partial charge in [0.25, 0.3) is 0 Å². The number of nitrogens with one attached hydrogen (secondary N) is 2. The molecule has 4 heterocycles. The summed E-state index contributed by atoms with van der Waals surface area (Å²) >= 11 is 0. The van der Waals surface area contributed by atoms with Crippen LogP contribution >= 0.6 is 0 Å². The molecule has 0 aliphatic carbocycles. The summed E-state index contributed by atoms with van der Waals surface area (Å²) in [4.78, 5) is 14.0. The minimum atomic E-state index is -0.0620. The van der Waals surface area contributed by atoms with Crippen molar-refractivity contribution in [2.75, 3.05) is 37.6 Å². The lowest BCUT2D eigenvalue weighted by Gasteiger charge is -2.29. The van der Waals surface area contributed by atoms with Gasteiger partial charge in [-0.3, -0.25) is 4.79 Å². The van der Waals surface area contributed by atoms with Gasteiger partial charge in [0.2, 0.25) is 5.91 Å². The van der Waals surface area contributed by atoms with E-state index in [0.29, 0.717) is 13.0 Å². The van der Waals surface area contributed by atoms with Crippen LogP contribution in [0.1, 0.15) is 13.3 Å². The topological polar surface area (TPSA) is 70.9 Å². The van der Waals surface area contributed by atoms with E-state index in [4.69, 9.17) is 4.74 Å². The number of benzene rings is 1. The first-order valence-electron chi connectivity index (χ1n) is 10.6. The average Bonchev–Trinajstić information content (AvgIpc) is 3.43. The molecule has 2 aliphatic heterocycles. The second kappa shape index (κ2) is 7.99. The van der Waals surface area contributed by atoms with E-state index in [9.17, 15) is 4.79 Å². The Balaban J connectivity index is 1.41. The van der Waals surface area contributed by atoms with E-state index in [1.807, 2.05) is 23.7 Å². The lowest BCUT2D eigenvalue weighted by molar-refractivity contribution is -0.119. The van der Waals surface area contributed by atoms with Gasteiger partial charge in [-0.1, -0.05) is 12.1 Å². The Morgan fingerprint density at radius 3 is 2.67 bits per heavy atom. The zero-order chi connectivity index (χ0) is 20.5. The molecule has 0 bridgehead atoms. The predicted octanol–water partition coefficient (Wildman–Crippen LogP) is 2.31. The Labute approximate surface area is 176 Å². The van der Waals surface area contributed by atoms with E-state index in [0.717, 1.165) is 48.6 Å². The normalized spacial score (nSPS) is 20.4. The van der Waals surface area contributed by atoms with E-state index >= 15 is 0 Å². The summed E-state index contributed by atoms with van der Waals surface area (Å²) in [6.45, 7) is 6.83. The van der Waals surface area contributed by atoms with Crippen LogP contribution < -0.4 is 20.3 Å². The van der Waals surface area contributed by atoms with Crippen molar-refractivity contribution in [1.82, 2.24) is 20.2 Å². The highest BCUT2D eigenvalue weighted by molar-refractivity contribution is 5.78. The number of rotatable bonds is 5. The lowest BCUT2D eigenvalue weighted by Crippen LogP contribution is -2.43. The number of aromatic nitrogens is 2. The van der Waals surface area contributed by atoms with Gasteiger partial charge in [-0.2, -0.15) is 5.10 Å². The standard InChI is InChI=1S/C23H27N5O2/c1-16(18-13-23(29)25-14-18)30-22-12-19(15-28-21(22)6-7-26-28)17-2-4-20(5-3-17)27-10-8-24-9-11-27/h2-7,12,15-16,18,24H,8-11,13-14H2,1H3,(H,25,29)/t16-,18?/m1/s1. The van der Waals surface area contributed by atoms with Crippen LogP contribution in [0.2, 0.25) is 0 Å². The molecule has 156 valence electrons. The molecule has 2 aromatic heterocycles. The molecule has 30 heavy (non-hydrogen) atoms. The molecule has 2 fully saturated rings. The van der Waals surface area contributed by atoms with E-state index in [1.54, 1.807) is 6.20 Å². The van der Waals surface area contributed by atoms with E-state index in [-0.39, 0.29) is 17.9 Å². The predicted molar refractivity (Wildman–Crippen MR) is 117 cm³/mol. The highest BCUT2D eigenvalue weighted by atomic mass is 16.5. The highest BCUT2D eigenvalue weighted by Crippen LogP contribution is 2.31. The molecule has 3 aromatic rings. The van der Waals surface area contributed by atoms with Crippen LogP contribution in [0.4, 0.5) is 5.69 Å². The zero-order valence-electron chi connectivity index (χ0n) is 17.2. The van der Waals surface area contributed by atoms with Crippen molar-refractivity contribution in [2.45, 2.75) is 19.4 Å². The molecule has 0 spiro atoms. The summed E-state index contributed by atoms with van der Waals surface area (Å²) in [5, 5.41) is 10.7. The van der Waals surface area contributed by atoms with Crippen LogP contribution in [0.25, 0.3) is 16.6 Å². The summed E-state index contributed by atoms with van der Waals surface area (Å²) in [5.74, 6) is 1.08. The monoisotopic (exact) mass is 405 g/mol. The molecule has 7 nitrogen and oxygen atoms in total. The maximum absolute atomic E-state index is 11.6. The van der Waals surface area contributed by atoms with Gasteiger partial charge in [0.1, 0.15) is 17.4 Å². The van der Waals surface area contributed by atoms with Crippen LogP contribution in [0.3, 0.4) is 0 Å². The maximum atomic E-state index is 11.6. The number of amides is 1. The minimum absolute atomic E-state index is 0.0620. The number of hydrogen-bond donors (Lipinski definition) is 2. The van der Waals surface area contributed by atoms with Crippen molar-refractivity contribution >= 4 is 17.1 Å². The first kappa shape index (κ1) is 18.9. The fourth-order valence-corrected chi connectivity index (χ4v) is 4.29. The Kier molecular flexibility index (Phi) is 5.04. The van der Waals surface area contributed by atoms with Crippen LogP contribution in [-0.2, 0) is 4.79 Å². The Morgan fingerprint density at radius 2 is 1.93 bits per heavy atom. The molecule has 1 aromatic carbocycles. The number of anilines is 1. The first-order valence-corrected chi connectivity index (χ1v) is 10.6. The van der Waals surface area contributed by atoms with Crippen LogP contribution in [-0.4, -0.2) is 54.3 Å². The number of pyridine rings is 1. The lowest BCUT2D eigenvalue weighted by atomic mass is 10.0. The molecule has 2 atom stereocenters. The SMILES string of the molecule is C[C@@H](Oc1cc(-c2ccc(N3CCNCC3)cc2)cn2nccc12)C1CNC(=O)C1. The van der Waals surface area contributed by atoms with Crippen LogP contribution in [0, 0.1) is 5.92 Å². The van der Waals surface area contributed by atoms with Gasteiger partial charge in [0.15, 0.2) is 0 Å². The molecule has 5 rings (SSSR count). The minimum Gasteiger partial charge on any atom is -0.488 e. The summed E-state index contributed by atoms with van der Waals surface area (Å²) in [5.41, 5.74) is 4.37. The van der Waals surface area contributed by atoms with E-state index in [1.165, 1.54) is 5.69 Å². The average molecular weight is 406 g/mol. The number of piperazine rings is 1. The Bertz CT molecular complexity index is 1040. The van der Waals surface area contributed by atoms with Crippen molar-refractivity contribution in [3.05, 3.63) is 48.8 Å². The molecule has 1 unspecified atom stereocenters. The van der Waals surface area contributed by atoms with Crippen molar-refractivity contribution in [2.24, 2.45) is 5.92 Å². The van der Waals surface area contributed by atoms with Gasteiger partial charge in [0.05, 0.1) is 6.20 Å². The second-order valence-corrected chi connectivity index (χ2v) is 8.13. The van der Waals surface area contributed by atoms with Gasteiger partial charge in [-0.25, -0.2) is 4.52 Å². The molecular weight excluding hydrogens is 378 g/mol. The summed E-state index contributed by atoms with van der Waals surface area (Å²) in [6.07, 6.45) is 4.27. The zero-order valence-corrected chi connectivity index (χ0v) is 17.2. The third-order valence-corrected chi connectivity index (χ3v) is 6.14. The fourth-order valence-electron chi connectivity index (χ4n) is 4.29. The molecule has 1 amide bonds. The third-order valence-electron chi connectivity index (χ3n) is 6.14. The largest absolute Gasteiger partial charge is 0.488 e. The number of nitrogens with zero attached hydrogens (tertiary/aromatic N) is 3. The summed E-state index contributed by atoms with van der Waals surface area (Å²) in [6, 6.07) is 12.7. The molecule has 0 saturated carbocycles. The molecule has 2 aliphatic rings. The number of carbonyl (C=O) groups is 1. The van der Waals surface area contributed by atoms with Gasteiger partial charge in [-0.05, 0) is 36.8 Å². The maximum Gasteiger partial charge on any atom is 0.220 e. The van der Waals surface area contributed by atoms with Crippen LogP contribution in [0.15, 0.2) is 48.8 Å². The highest BCUT2D eigenvalue weighted by Gasteiger charge is 2.28. The Hall–Kier alpha value is -3.06. The van der Waals surface area contributed by atoms with E-state index in [2.05, 4.69) is 51.0 Å². The smallest absolute Gasteiger partial charge is 0.220 e. The number of fused-ring (bicyclic) bond motifs is 1. The summed E-state index contributed by atoms with van der Waals surface area (Å²) < 4.78 is 8.19. The third kappa shape index (κ3) is 3.73. The number of ether oxygens (including phenoxy) is 1. The van der Waals surface area contributed by atoms with Crippen molar-refractivity contribution in [3.63, 3.8) is 0 Å². The van der Waals surface area contributed by atoms with Crippen LogP contribution in [0.5, 0.6) is 5.75 Å². The van der Waals surface area contributed by atoms with Crippen molar-refractivity contribution < 1.29 is 9.53 Å². The van der Waals surface area contributed by atoms with Crippen molar-refractivity contribution in [3.8, 4) is 16.9 Å². The van der Waals surface area contributed by atoms with Gasteiger partial charge in [-0.15, -0.1) is 0 Å². The molecular formula is C23H27N5O2. The van der Waals surface area contributed by atoms with Gasteiger partial charge < -0.3 is 20.3 Å². The number of hydrogen-bond acceptors (Lipinski definition) is 5. The quantitative estimate of drug-likeness (QED) is 0.682. The molecule has 2 N–H and O–H groups in total. The number of carbonyl (C=O) groups excluding carboxylic acids is 1. The Morgan fingerprint density at radius 1 is 1.13 bits per heavy atom. The van der Waals surface area contributed by atoms with E-state index < -0.39 is 0 Å². The molecule has 2 saturated heterocycles. The molecule has 0 radical (unpaired) electrons. The summed E-state index contributed by atoms with van der Waals surface area (Å²) in [7, 11) is 0. The molecule has 7 heteroatoms. The van der Waals surface area contributed by atoms with Crippen molar-refractivity contribution in [1.29, 1.82) is 0 Å². The first-order chi connectivity index (χ1) is 14.7.